The highest BCUT2D eigenvalue weighted by Gasteiger charge is 2.07. The highest BCUT2D eigenvalue weighted by Crippen LogP contribution is 2.21. The Labute approximate surface area is 106 Å². The van der Waals surface area contributed by atoms with Gasteiger partial charge in [-0.3, -0.25) is 4.98 Å². The topological polar surface area (TPSA) is 74.7 Å². The van der Waals surface area contributed by atoms with E-state index < -0.39 is 0 Å². The fourth-order valence-corrected chi connectivity index (χ4v) is 1.71. The minimum atomic E-state index is 0.0820. The van der Waals surface area contributed by atoms with E-state index in [1.807, 2.05) is 37.3 Å². The molecule has 0 aliphatic heterocycles. The minimum absolute atomic E-state index is 0.0820. The van der Waals surface area contributed by atoms with Gasteiger partial charge in [-0.1, -0.05) is 6.07 Å². The molecule has 90 valence electrons. The van der Waals surface area contributed by atoms with Crippen molar-refractivity contribution >= 4 is 11.4 Å². The molecule has 0 saturated heterocycles. The fraction of sp³-hybridized carbons (Fsp3) is 0.143. The summed E-state index contributed by atoms with van der Waals surface area (Å²) in [5, 5.41) is 12.1. The summed E-state index contributed by atoms with van der Waals surface area (Å²) in [7, 11) is 0. The van der Waals surface area contributed by atoms with Gasteiger partial charge in [0.2, 0.25) is 0 Å². The Morgan fingerprint density at radius 1 is 1.33 bits per heavy atom. The summed E-state index contributed by atoms with van der Waals surface area (Å²) in [5.41, 5.74) is 8.58. The van der Waals surface area contributed by atoms with Gasteiger partial charge in [0.15, 0.2) is 0 Å². The first-order chi connectivity index (χ1) is 8.70. The number of anilines is 2. The molecule has 3 N–H and O–H groups in total. The molecular weight excluding hydrogens is 224 g/mol. The second-order valence-corrected chi connectivity index (χ2v) is 4.03. The van der Waals surface area contributed by atoms with Crippen molar-refractivity contribution in [2.45, 2.75) is 13.0 Å². The Hall–Kier alpha value is -2.54. The molecule has 0 fully saturated rings. The summed E-state index contributed by atoms with van der Waals surface area (Å²) in [5.74, 6) is 0. The van der Waals surface area contributed by atoms with E-state index in [0.29, 0.717) is 11.3 Å². The van der Waals surface area contributed by atoms with Crippen molar-refractivity contribution in [2.75, 3.05) is 11.1 Å². The van der Waals surface area contributed by atoms with E-state index >= 15 is 0 Å². The number of hydrogen-bond acceptors (Lipinski definition) is 4. The first-order valence-electron chi connectivity index (χ1n) is 5.68. The van der Waals surface area contributed by atoms with Gasteiger partial charge in [0.25, 0.3) is 0 Å². The van der Waals surface area contributed by atoms with Crippen molar-refractivity contribution in [3.8, 4) is 6.07 Å². The molecule has 0 amide bonds. The van der Waals surface area contributed by atoms with Crippen LogP contribution in [-0.2, 0) is 0 Å². The van der Waals surface area contributed by atoms with Crippen LogP contribution in [0.4, 0.5) is 11.4 Å². The van der Waals surface area contributed by atoms with E-state index in [4.69, 9.17) is 11.0 Å². The number of hydrogen-bond donors (Lipinski definition) is 2. The molecule has 2 rings (SSSR count). The SMILES string of the molecule is CC(Nc1ccc(C#N)c(N)c1)c1ccccn1. The van der Waals surface area contributed by atoms with E-state index in [1.165, 1.54) is 0 Å². The van der Waals surface area contributed by atoms with Crippen LogP contribution >= 0.6 is 0 Å². The molecule has 4 nitrogen and oxygen atoms in total. The van der Waals surface area contributed by atoms with E-state index in [2.05, 4.69) is 10.3 Å². The Kier molecular flexibility index (Phi) is 3.44. The Morgan fingerprint density at radius 3 is 2.78 bits per heavy atom. The fourth-order valence-electron chi connectivity index (χ4n) is 1.71. The molecular formula is C14H14N4. The molecule has 4 heteroatoms. The third kappa shape index (κ3) is 2.58. The molecule has 0 aliphatic rings. The van der Waals surface area contributed by atoms with Gasteiger partial charge in [-0.2, -0.15) is 5.26 Å². The van der Waals surface area contributed by atoms with E-state index in [9.17, 15) is 0 Å². The zero-order chi connectivity index (χ0) is 13.0. The lowest BCUT2D eigenvalue weighted by Crippen LogP contribution is -2.08. The molecule has 0 aliphatic carbocycles. The predicted molar refractivity (Wildman–Crippen MR) is 71.8 cm³/mol. The summed E-state index contributed by atoms with van der Waals surface area (Å²) in [4.78, 5) is 4.28. The molecule has 1 heterocycles. The van der Waals surface area contributed by atoms with Crippen molar-refractivity contribution in [3.05, 3.63) is 53.9 Å². The van der Waals surface area contributed by atoms with Crippen LogP contribution in [0.1, 0.15) is 24.2 Å². The molecule has 1 aromatic heterocycles. The third-order valence-corrected chi connectivity index (χ3v) is 2.69. The Morgan fingerprint density at radius 2 is 2.17 bits per heavy atom. The number of nitriles is 1. The van der Waals surface area contributed by atoms with Gasteiger partial charge in [-0.05, 0) is 37.3 Å². The molecule has 0 radical (unpaired) electrons. The van der Waals surface area contributed by atoms with Gasteiger partial charge in [0.05, 0.1) is 23.0 Å². The van der Waals surface area contributed by atoms with Crippen LogP contribution in [-0.4, -0.2) is 4.98 Å². The molecule has 1 atom stereocenters. The average molecular weight is 238 g/mol. The van der Waals surface area contributed by atoms with Gasteiger partial charge < -0.3 is 11.1 Å². The van der Waals surface area contributed by atoms with Crippen LogP contribution in [0, 0.1) is 11.3 Å². The maximum Gasteiger partial charge on any atom is 0.101 e. The van der Waals surface area contributed by atoms with Crippen molar-refractivity contribution in [3.63, 3.8) is 0 Å². The van der Waals surface area contributed by atoms with E-state index in [0.717, 1.165) is 11.4 Å². The lowest BCUT2D eigenvalue weighted by atomic mass is 10.1. The molecule has 2 aromatic rings. The number of nitrogens with zero attached hydrogens (tertiary/aromatic N) is 2. The van der Waals surface area contributed by atoms with Crippen LogP contribution in [0.3, 0.4) is 0 Å². The van der Waals surface area contributed by atoms with Crippen molar-refractivity contribution < 1.29 is 0 Å². The van der Waals surface area contributed by atoms with Crippen LogP contribution < -0.4 is 11.1 Å². The molecule has 0 bridgehead atoms. The summed E-state index contributed by atoms with van der Waals surface area (Å²) < 4.78 is 0. The van der Waals surface area contributed by atoms with Gasteiger partial charge in [-0.25, -0.2) is 0 Å². The second kappa shape index (κ2) is 5.19. The normalized spacial score (nSPS) is 11.6. The van der Waals surface area contributed by atoms with E-state index in [1.54, 1.807) is 18.3 Å². The largest absolute Gasteiger partial charge is 0.398 e. The molecule has 0 spiro atoms. The number of nitrogens with two attached hydrogens (primary N) is 1. The molecule has 18 heavy (non-hydrogen) atoms. The number of nitrogen functional groups attached to an aromatic ring is 1. The van der Waals surface area contributed by atoms with Crippen LogP contribution in [0.5, 0.6) is 0 Å². The van der Waals surface area contributed by atoms with Crippen molar-refractivity contribution in [1.82, 2.24) is 4.98 Å². The average Bonchev–Trinajstić information content (AvgIpc) is 2.40. The van der Waals surface area contributed by atoms with Gasteiger partial charge in [-0.15, -0.1) is 0 Å². The Bertz CT molecular complexity index is 572. The summed E-state index contributed by atoms with van der Waals surface area (Å²) in [6, 6.07) is 13.2. The maximum absolute atomic E-state index is 8.81. The first kappa shape index (κ1) is 11.9. The smallest absolute Gasteiger partial charge is 0.101 e. The van der Waals surface area contributed by atoms with Crippen LogP contribution in [0.25, 0.3) is 0 Å². The van der Waals surface area contributed by atoms with Crippen molar-refractivity contribution in [2.24, 2.45) is 0 Å². The zero-order valence-corrected chi connectivity index (χ0v) is 10.1. The van der Waals surface area contributed by atoms with Crippen molar-refractivity contribution in [1.29, 1.82) is 5.26 Å². The third-order valence-electron chi connectivity index (χ3n) is 2.69. The summed E-state index contributed by atoms with van der Waals surface area (Å²) in [6.45, 7) is 2.02. The summed E-state index contributed by atoms with van der Waals surface area (Å²) in [6.07, 6.45) is 1.76. The van der Waals surface area contributed by atoms with Crippen LogP contribution in [0.2, 0.25) is 0 Å². The number of pyridine rings is 1. The quantitative estimate of drug-likeness (QED) is 0.806. The van der Waals surface area contributed by atoms with Gasteiger partial charge in [0.1, 0.15) is 6.07 Å². The summed E-state index contributed by atoms with van der Waals surface area (Å²) >= 11 is 0. The number of aromatic nitrogens is 1. The number of nitrogens with one attached hydrogen (secondary N) is 1. The minimum Gasteiger partial charge on any atom is -0.398 e. The standard InChI is InChI=1S/C14H14N4/c1-10(14-4-2-3-7-17-14)18-12-6-5-11(9-15)13(16)8-12/h2-8,10,18H,16H2,1H3. The monoisotopic (exact) mass is 238 g/mol. The highest BCUT2D eigenvalue weighted by atomic mass is 14.9. The lowest BCUT2D eigenvalue weighted by molar-refractivity contribution is 0.839. The Balaban J connectivity index is 2.15. The maximum atomic E-state index is 8.81. The van der Waals surface area contributed by atoms with E-state index in [-0.39, 0.29) is 6.04 Å². The molecule has 1 unspecified atom stereocenters. The number of benzene rings is 1. The highest BCUT2D eigenvalue weighted by molar-refractivity contribution is 5.63. The van der Waals surface area contributed by atoms with Gasteiger partial charge in [0, 0.05) is 11.9 Å². The second-order valence-electron chi connectivity index (χ2n) is 4.03. The molecule has 0 saturated carbocycles. The first-order valence-corrected chi connectivity index (χ1v) is 5.68. The zero-order valence-electron chi connectivity index (χ0n) is 10.1. The van der Waals surface area contributed by atoms with Gasteiger partial charge >= 0.3 is 0 Å². The number of rotatable bonds is 3. The lowest BCUT2D eigenvalue weighted by Gasteiger charge is -2.15. The molecule has 1 aromatic carbocycles. The van der Waals surface area contributed by atoms with Crippen LogP contribution in [0.15, 0.2) is 42.6 Å². The predicted octanol–water partition coefficient (Wildman–Crippen LogP) is 2.71.